The molecule has 0 N–H and O–H groups in total. The van der Waals surface area contributed by atoms with Crippen molar-refractivity contribution in [3.63, 3.8) is 0 Å². The maximum absolute atomic E-state index is 14.2. The van der Waals surface area contributed by atoms with Gasteiger partial charge >= 0.3 is 5.97 Å². The number of halogens is 2. The van der Waals surface area contributed by atoms with Crippen LogP contribution in [0.15, 0.2) is 58.5 Å². The van der Waals surface area contributed by atoms with Crippen LogP contribution in [0.4, 0.5) is 8.78 Å². The number of nitrogens with zero attached hydrogens (tertiary/aromatic N) is 2. The van der Waals surface area contributed by atoms with Gasteiger partial charge in [0.25, 0.3) is 5.56 Å². The summed E-state index contributed by atoms with van der Waals surface area (Å²) in [7, 11) is 0. The molecule has 0 aliphatic rings. The van der Waals surface area contributed by atoms with Gasteiger partial charge in [0, 0.05) is 11.3 Å². The predicted octanol–water partition coefficient (Wildman–Crippen LogP) is 5.56. The Morgan fingerprint density at radius 1 is 1.12 bits per heavy atom. The maximum atomic E-state index is 14.2. The Bertz CT molecular complexity index is 1360. The second-order valence-corrected chi connectivity index (χ2v) is 9.16. The van der Waals surface area contributed by atoms with Crippen molar-refractivity contribution < 1.29 is 18.3 Å². The Morgan fingerprint density at radius 2 is 1.82 bits per heavy atom. The molecule has 4 aromatic rings. The van der Waals surface area contributed by atoms with Crippen molar-refractivity contribution in [1.29, 1.82) is 0 Å². The Hall–Kier alpha value is -3.04. The second-order valence-electron chi connectivity index (χ2n) is 7.22. The van der Waals surface area contributed by atoms with Gasteiger partial charge in [0.15, 0.2) is 5.16 Å². The number of aromatic nitrogens is 2. The quantitative estimate of drug-likeness (QED) is 0.194. The van der Waals surface area contributed by atoms with E-state index in [0.717, 1.165) is 28.7 Å². The number of thiophene rings is 1. The fourth-order valence-corrected chi connectivity index (χ4v) is 5.54. The molecule has 0 aliphatic heterocycles. The predicted molar refractivity (Wildman–Crippen MR) is 126 cm³/mol. The lowest BCUT2D eigenvalue weighted by Gasteiger charge is -2.13. The van der Waals surface area contributed by atoms with E-state index in [1.807, 2.05) is 30.3 Å². The van der Waals surface area contributed by atoms with Crippen molar-refractivity contribution in [2.24, 2.45) is 0 Å². The van der Waals surface area contributed by atoms with Crippen LogP contribution in [0.2, 0.25) is 0 Å². The summed E-state index contributed by atoms with van der Waals surface area (Å²) in [4.78, 5) is 31.2. The van der Waals surface area contributed by atoms with E-state index in [9.17, 15) is 18.4 Å². The van der Waals surface area contributed by atoms with Crippen molar-refractivity contribution in [3.05, 3.63) is 92.1 Å². The van der Waals surface area contributed by atoms with Gasteiger partial charge in [0.2, 0.25) is 0 Å². The lowest BCUT2D eigenvalue weighted by molar-refractivity contribution is 0.0531. The molecule has 2 heterocycles. The molecule has 170 valence electrons. The molecule has 4 rings (SSSR count). The minimum Gasteiger partial charge on any atom is -0.462 e. The van der Waals surface area contributed by atoms with Crippen molar-refractivity contribution in [1.82, 2.24) is 9.55 Å². The normalized spacial score (nSPS) is 11.2. The third kappa shape index (κ3) is 4.69. The van der Waals surface area contributed by atoms with E-state index in [1.54, 1.807) is 13.8 Å². The molecule has 0 fully saturated rings. The molecule has 0 saturated heterocycles. The second kappa shape index (κ2) is 9.84. The average Bonchev–Trinajstić information content (AvgIpc) is 3.13. The summed E-state index contributed by atoms with van der Waals surface area (Å²) < 4.78 is 34.9. The molecule has 0 saturated carbocycles. The number of ether oxygens (including phenoxy) is 1. The SMILES string of the molecule is CCOC(=O)c1sc2nc(SCc3c(F)cccc3F)n(Cc3ccccc3)c(=O)c2c1C. The number of hydrogen-bond acceptors (Lipinski definition) is 6. The number of esters is 1. The minimum absolute atomic E-state index is 0.0413. The van der Waals surface area contributed by atoms with Crippen LogP contribution in [0.25, 0.3) is 10.2 Å². The number of aryl methyl sites for hydroxylation is 1. The molecule has 2 aromatic heterocycles. The summed E-state index contributed by atoms with van der Waals surface area (Å²) in [6.07, 6.45) is 0. The minimum atomic E-state index is -0.655. The third-order valence-electron chi connectivity index (χ3n) is 5.07. The summed E-state index contributed by atoms with van der Waals surface area (Å²) in [5.41, 5.74) is 0.991. The Morgan fingerprint density at radius 3 is 2.48 bits per heavy atom. The van der Waals surface area contributed by atoms with E-state index in [0.29, 0.717) is 25.8 Å². The highest BCUT2D eigenvalue weighted by atomic mass is 32.2. The fraction of sp³-hybridized carbons (Fsp3) is 0.208. The fourth-order valence-electron chi connectivity index (χ4n) is 3.41. The zero-order valence-electron chi connectivity index (χ0n) is 17.9. The van der Waals surface area contributed by atoms with Gasteiger partial charge in [-0.3, -0.25) is 9.36 Å². The van der Waals surface area contributed by atoms with Crippen molar-refractivity contribution in [2.45, 2.75) is 31.3 Å². The molecular weight excluding hydrogens is 466 g/mol. The van der Waals surface area contributed by atoms with E-state index >= 15 is 0 Å². The maximum Gasteiger partial charge on any atom is 0.348 e. The van der Waals surface area contributed by atoms with Crippen LogP contribution < -0.4 is 5.56 Å². The topological polar surface area (TPSA) is 61.2 Å². The Balaban J connectivity index is 1.83. The zero-order valence-corrected chi connectivity index (χ0v) is 19.6. The summed E-state index contributed by atoms with van der Waals surface area (Å²) in [6.45, 7) is 3.85. The van der Waals surface area contributed by atoms with Gasteiger partial charge in [-0.25, -0.2) is 18.6 Å². The molecule has 0 atom stereocenters. The molecule has 0 amide bonds. The first kappa shape index (κ1) is 23.1. The van der Waals surface area contributed by atoms with Gasteiger partial charge < -0.3 is 4.74 Å². The van der Waals surface area contributed by atoms with Crippen molar-refractivity contribution in [3.8, 4) is 0 Å². The highest BCUT2D eigenvalue weighted by Crippen LogP contribution is 2.31. The Kier molecular flexibility index (Phi) is 6.90. The van der Waals surface area contributed by atoms with E-state index < -0.39 is 17.6 Å². The zero-order chi connectivity index (χ0) is 23.5. The van der Waals surface area contributed by atoms with E-state index in [1.165, 1.54) is 22.8 Å². The first-order valence-electron chi connectivity index (χ1n) is 10.2. The first-order valence-corrected chi connectivity index (χ1v) is 12.0. The number of thioether (sulfide) groups is 1. The van der Waals surface area contributed by atoms with Crippen LogP contribution in [0.3, 0.4) is 0 Å². The van der Waals surface area contributed by atoms with E-state index in [2.05, 4.69) is 4.98 Å². The molecule has 9 heteroatoms. The summed E-state index contributed by atoms with van der Waals surface area (Å²) in [6, 6.07) is 13.1. The van der Waals surface area contributed by atoms with Crippen LogP contribution in [-0.4, -0.2) is 22.1 Å². The van der Waals surface area contributed by atoms with Crippen LogP contribution in [0.5, 0.6) is 0 Å². The number of hydrogen-bond donors (Lipinski definition) is 0. The highest BCUT2D eigenvalue weighted by Gasteiger charge is 2.23. The molecule has 0 spiro atoms. The van der Waals surface area contributed by atoms with Gasteiger partial charge in [0.05, 0.1) is 18.5 Å². The number of carbonyl (C=O) groups is 1. The number of fused-ring (bicyclic) bond motifs is 1. The number of benzene rings is 2. The smallest absolute Gasteiger partial charge is 0.348 e. The van der Waals surface area contributed by atoms with Crippen molar-refractivity contribution >= 4 is 39.3 Å². The number of carbonyl (C=O) groups excluding carboxylic acids is 1. The van der Waals surface area contributed by atoms with E-state index in [-0.39, 0.29) is 30.0 Å². The van der Waals surface area contributed by atoms with Crippen LogP contribution in [0.1, 0.15) is 33.3 Å². The lowest BCUT2D eigenvalue weighted by atomic mass is 10.2. The third-order valence-corrected chi connectivity index (χ3v) is 7.24. The van der Waals surface area contributed by atoms with E-state index in [4.69, 9.17) is 4.74 Å². The van der Waals surface area contributed by atoms with Crippen molar-refractivity contribution in [2.75, 3.05) is 6.61 Å². The van der Waals surface area contributed by atoms with Crippen LogP contribution in [-0.2, 0) is 17.0 Å². The largest absolute Gasteiger partial charge is 0.462 e. The summed E-state index contributed by atoms with van der Waals surface area (Å²) >= 11 is 2.16. The first-order chi connectivity index (χ1) is 15.9. The average molecular weight is 487 g/mol. The molecule has 5 nitrogen and oxygen atoms in total. The summed E-state index contributed by atoms with van der Waals surface area (Å²) in [5, 5.41) is 0.663. The molecular formula is C24H20F2N2O3S2. The lowest BCUT2D eigenvalue weighted by Crippen LogP contribution is -2.24. The number of rotatable bonds is 7. The van der Waals surface area contributed by atoms with Gasteiger partial charge in [-0.2, -0.15) is 0 Å². The van der Waals surface area contributed by atoms with Gasteiger partial charge in [-0.15, -0.1) is 11.3 Å². The molecule has 2 aromatic carbocycles. The van der Waals surface area contributed by atoms with Gasteiger partial charge in [0.1, 0.15) is 21.3 Å². The monoisotopic (exact) mass is 486 g/mol. The summed E-state index contributed by atoms with van der Waals surface area (Å²) in [5.74, 6) is -1.86. The highest BCUT2D eigenvalue weighted by molar-refractivity contribution is 7.98. The van der Waals surface area contributed by atoms with Crippen LogP contribution in [0, 0.1) is 18.6 Å². The van der Waals surface area contributed by atoms with Crippen LogP contribution >= 0.6 is 23.1 Å². The Labute approximate surface area is 197 Å². The molecule has 0 radical (unpaired) electrons. The van der Waals surface area contributed by atoms with Gasteiger partial charge in [-0.05, 0) is 37.1 Å². The molecule has 33 heavy (non-hydrogen) atoms. The molecule has 0 unspecified atom stereocenters. The molecule has 0 aliphatic carbocycles. The molecule has 0 bridgehead atoms. The standard InChI is InChI=1S/C24H20F2N2O3S2/c1-3-31-23(30)20-14(2)19-21(33-20)27-24(32-13-16-17(25)10-7-11-18(16)26)28(22(19)29)12-15-8-5-4-6-9-15/h4-11H,3,12-13H2,1-2H3. The van der Waals surface area contributed by atoms with Gasteiger partial charge in [-0.1, -0.05) is 48.2 Å².